The predicted octanol–water partition coefficient (Wildman–Crippen LogP) is 5.85. The van der Waals surface area contributed by atoms with E-state index in [1.807, 2.05) is 57.2 Å². The summed E-state index contributed by atoms with van der Waals surface area (Å²) in [7, 11) is -2.63. The predicted molar refractivity (Wildman–Crippen MR) is 172 cm³/mol. The maximum absolute atomic E-state index is 14.4. The Balaban J connectivity index is 1.80. The Bertz CT molecular complexity index is 1660. The summed E-state index contributed by atoms with van der Waals surface area (Å²) in [5, 5.41) is 3.23. The fourth-order valence-corrected chi connectivity index (χ4v) is 6.49. The molecule has 4 aromatic rings. The van der Waals surface area contributed by atoms with E-state index >= 15 is 0 Å². The summed E-state index contributed by atoms with van der Waals surface area (Å²) >= 11 is 6.12. The largest absolute Gasteiger partial charge is 0.357 e. The van der Waals surface area contributed by atoms with Gasteiger partial charge < -0.3 is 10.2 Å². The number of benzene rings is 4. The summed E-state index contributed by atoms with van der Waals surface area (Å²) in [5.74, 6) is -0.875. The van der Waals surface area contributed by atoms with Crippen LogP contribution in [0.3, 0.4) is 0 Å². The van der Waals surface area contributed by atoms with Crippen LogP contribution in [0.25, 0.3) is 0 Å². The van der Waals surface area contributed by atoms with Gasteiger partial charge in [-0.05, 0) is 79.4 Å². The molecule has 4 rings (SSSR count). The number of halogens is 1. The lowest BCUT2D eigenvalue weighted by molar-refractivity contribution is -0.139. The highest BCUT2D eigenvalue weighted by molar-refractivity contribution is 7.92. The van der Waals surface area contributed by atoms with Crippen molar-refractivity contribution in [3.63, 3.8) is 0 Å². The van der Waals surface area contributed by atoms with Crippen LogP contribution in [0.2, 0.25) is 5.02 Å². The minimum absolute atomic E-state index is 0.0708. The highest BCUT2D eigenvalue weighted by Crippen LogP contribution is 2.27. The van der Waals surface area contributed by atoms with Crippen LogP contribution in [0.1, 0.15) is 27.8 Å². The second kappa shape index (κ2) is 13.9. The molecule has 2 amide bonds. The summed E-state index contributed by atoms with van der Waals surface area (Å²) in [6, 6.07) is 27.5. The van der Waals surface area contributed by atoms with Gasteiger partial charge in [0.05, 0.1) is 10.6 Å². The zero-order chi connectivity index (χ0) is 31.1. The summed E-state index contributed by atoms with van der Waals surface area (Å²) in [6.45, 7) is 5.20. The molecule has 0 spiro atoms. The van der Waals surface area contributed by atoms with Crippen LogP contribution >= 0.6 is 11.6 Å². The van der Waals surface area contributed by atoms with Gasteiger partial charge in [-0.3, -0.25) is 13.9 Å². The number of likely N-dealkylation sites (N-methyl/N-ethyl adjacent to an activating group) is 1. The van der Waals surface area contributed by atoms with E-state index in [9.17, 15) is 18.0 Å². The van der Waals surface area contributed by atoms with E-state index in [4.69, 9.17) is 11.6 Å². The molecule has 1 unspecified atom stereocenters. The van der Waals surface area contributed by atoms with Crippen LogP contribution in [0.5, 0.6) is 0 Å². The van der Waals surface area contributed by atoms with Gasteiger partial charge >= 0.3 is 0 Å². The van der Waals surface area contributed by atoms with E-state index in [1.165, 1.54) is 11.9 Å². The average molecular weight is 618 g/mol. The molecule has 43 heavy (non-hydrogen) atoms. The number of sulfonamides is 1. The number of aryl methyl sites for hydroxylation is 3. The van der Waals surface area contributed by atoms with Crippen LogP contribution in [-0.4, -0.2) is 44.8 Å². The van der Waals surface area contributed by atoms with Crippen LogP contribution in [0.15, 0.2) is 102 Å². The fourth-order valence-electron chi connectivity index (χ4n) is 4.97. The molecule has 0 saturated carbocycles. The number of amides is 2. The van der Waals surface area contributed by atoms with Gasteiger partial charge in [0.25, 0.3) is 10.0 Å². The van der Waals surface area contributed by atoms with Crippen molar-refractivity contribution in [2.75, 3.05) is 17.9 Å². The number of anilines is 1. The molecule has 0 heterocycles. The molecule has 1 atom stereocenters. The maximum atomic E-state index is 14.4. The Kier molecular flexibility index (Phi) is 10.3. The van der Waals surface area contributed by atoms with Gasteiger partial charge in [0.1, 0.15) is 12.6 Å². The molecule has 4 aromatic carbocycles. The minimum Gasteiger partial charge on any atom is -0.357 e. The third kappa shape index (κ3) is 8.03. The summed E-state index contributed by atoms with van der Waals surface area (Å²) in [4.78, 5) is 29.2. The van der Waals surface area contributed by atoms with Crippen molar-refractivity contribution in [2.24, 2.45) is 0 Å². The lowest BCUT2D eigenvalue weighted by Crippen LogP contribution is -2.53. The van der Waals surface area contributed by atoms with Gasteiger partial charge in [-0.25, -0.2) is 8.42 Å². The van der Waals surface area contributed by atoms with Crippen molar-refractivity contribution in [3.05, 3.63) is 130 Å². The van der Waals surface area contributed by atoms with Gasteiger partial charge in [-0.2, -0.15) is 0 Å². The van der Waals surface area contributed by atoms with Crippen molar-refractivity contribution >= 4 is 39.1 Å². The van der Waals surface area contributed by atoms with Gasteiger partial charge in [-0.15, -0.1) is 0 Å². The van der Waals surface area contributed by atoms with Crippen molar-refractivity contribution < 1.29 is 18.0 Å². The smallest absolute Gasteiger partial charge is 0.264 e. The lowest BCUT2D eigenvalue weighted by Gasteiger charge is -2.33. The van der Waals surface area contributed by atoms with Crippen LogP contribution in [0, 0.1) is 20.8 Å². The van der Waals surface area contributed by atoms with E-state index in [0.29, 0.717) is 10.7 Å². The third-order valence-electron chi connectivity index (χ3n) is 7.17. The molecule has 0 aliphatic heterocycles. The summed E-state index contributed by atoms with van der Waals surface area (Å²) in [5.41, 5.74) is 4.62. The first kappa shape index (κ1) is 31.8. The monoisotopic (exact) mass is 617 g/mol. The van der Waals surface area contributed by atoms with Gasteiger partial charge in [0, 0.05) is 25.0 Å². The number of carbonyl (C=O) groups is 2. The first-order chi connectivity index (χ1) is 20.5. The van der Waals surface area contributed by atoms with Gasteiger partial charge in [-0.1, -0.05) is 77.8 Å². The molecule has 9 heteroatoms. The van der Waals surface area contributed by atoms with Crippen LogP contribution < -0.4 is 9.62 Å². The molecule has 0 aromatic heterocycles. The molecular formula is C34H36ClN3O4S. The van der Waals surface area contributed by atoms with Gasteiger partial charge in [0.2, 0.25) is 11.8 Å². The Labute approximate surface area is 259 Å². The highest BCUT2D eigenvalue weighted by atomic mass is 35.5. The van der Waals surface area contributed by atoms with E-state index in [2.05, 4.69) is 5.32 Å². The zero-order valence-electron chi connectivity index (χ0n) is 24.7. The number of nitrogens with one attached hydrogen (secondary N) is 1. The molecule has 0 fully saturated rings. The normalized spacial score (nSPS) is 11.9. The minimum atomic E-state index is -4.15. The molecule has 0 radical (unpaired) electrons. The molecule has 0 aliphatic rings. The molecule has 224 valence electrons. The second-order valence-electron chi connectivity index (χ2n) is 10.6. The molecule has 1 N–H and O–H groups in total. The Morgan fingerprint density at radius 1 is 0.791 bits per heavy atom. The van der Waals surface area contributed by atoms with E-state index in [-0.39, 0.29) is 23.8 Å². The zero-order valence-corrected chi connectivity index (χ0v) is 26.3. The van der Waals surface area contributed by atoms with E-state index in [1.54, 1.807) is 60.7 Å². The Morgan fingerprint density at radius 2 is 1.40 bits per heavy atom. The number of hydrogen-bond acceptors (Lipinski definition) is 4. The lowest BCUT2D eigenvalue weighted by atomic mass is 10.0. The molecular weight excluding hydrogens is 582 g/mol. The molecule has 0 bridgehead atoms. The Hall–Kier alpha value is -4.14. The number of carbonyl (C=O) groups excluding carboxylic acids is 2. The first-order valence-electron chi connectivity index (χ1n) is 13.9. The number of hydrogen-bond donors (Lipinski definition) is 1. The number of nitrogens with zero attached hydrogens (tertiary/aromatic N) is 2. The van der Waals surface area contributed by atoms with Crippen molar-refractivity contribution in [1.82, 2.24) is 10.2 Å². The van der Waals surface area contributed by atoms with Crippen LogP contribution in [-0.2, 0) is 32.6 Å². The maximum Gasteiger partial charge on any atom is 0.264 e. The summed E-state index contributed by atoms with van der Waals surface area (Å²) in [6.07, 6.45) is 0.244. The topological polar surface area (TPSA) is 86.8 Å². The average Bonchev–Trinajstić information content (AvgIpc) is 2.98. The van der Waals surface area contributed by atoms with Crippen molar-refractivity contribution in [2.45, 2.75) is 44.7 Å². The standard InChI is InChI=1S/C34H36ClN3O4S/c1-24-10-16-31(17-11-24)43(41,42)38(30-19-25(2)18-26(3)20-30)23-33(39)37(22-28-12-14-29(35)15-13-28)32(34(40)36-4)21-27-8-6-5-7-9-27/h5-20,32H,21-23H2,1-4H3,(H,36,40). The summed E-state index contributed by atoms with van der Waals surface area (Å²) < 4.78 is 29.4. The Morgan fingerprint density at radius 3 is 1.98 bits per heavy atom. The third-order valence-corrected chi connectivity index (χ3v) is 9.21. The van der Waals surface area contributed by atoms with E-state index in [0.717, 1.165) is 32.1 Å². The molecule has 7 nitrogen and oxygen atoms in total. The second-order valence-corrected chi connectivity index (χ2v) is 12.9. The molecule has 0 aliphatic carbocycles. The fraction of sp³-hybridized carbons (Fsp3) is 0.235. The van der Waals surface area contributed by atoms with Crippen molar-refractivity contribution in [3.8, 4) is 0 Å². The van der Waals surface area contributed by atoms with Crippen LogP contribution in [0.4, 0.5) is 5.69 Å². The molecule has 0 saturated heterocycles. The number of rotatable bonds is 11. The highest BCUT2D eigenvalue weighted by Gasteiger charge is 2.34. The van der Waals surface area contributed by atoms with Crippen molar-refractivity contribution in [1.29, 1.82) is 0 Å². The van der Waals surface area contributed by atoms with Gasteiger partial charge in [0.15, 0.2) is 0 Å². The first-order valence-corrected chi connectivity index (χ1v) is 15.8. The SMILES string of the molecule is CNC(=O)C(Cc1ccccc1)N(Cc1ccc(Cl)cc1)C(=O)CN(c1cc(C)cc(C)c1)S(=O)(=O)c1ccc(C)cc1. The quantitative estimate of drug-likeness (QED) is 0.229. The van der Waals surface area contributed by atoms with E-state index < -0.39 is 28.5 Å².